The number of hydrogen-bond acceptors (Lipinski definition) is 2. The quantitative estimate of drug-likeness (QED) is 0.573. The van der Waals surface area contributed by atoms with Crippen molar-refractivity contribution in [3.05, 3.63) is 46.8 Å². The Bertz CT molecular complexity index is 625. The van der Waals surface area contributed by atoms with Crippen molar-refractivity contribution in [3.8, 4) is 5.75 Å². The molecular formula is C17H20ClFN2O. The fourth-order valence-corrected chi connectivity index (χ4v) is 2.17. The van der Waals surface area contributed by atoms with Crippen molar-refractivity contribution in [2.24, 2.45) is 4.99 Å². The van der Waals surface area contributed by atoms with E-state index >= 15 is 0 Å². The number of ether oxygens (including phenoxy) is 1. The molecule has 1 aromatic carbocycles. The molecule has 1 atom stereocenters. The number of rotatable bonds is 5. The smallest absolute Gasteiger partial charge is 0.124 e. The van der Waals surface area contributed by atoms with Crippen molar-refractivity contribution in [3.63, 3.8) is 0 Å². The molecule has 0 radical (unpaired) electrons. The van der Waals surface area contributed by atoms with Crippen LogP contribution in [-0.4, -0.2) is 30.9 Å². The van der Waals surface area contributed by atoms with Crippen LogP contribution in [0, 0.1) is 6.92 Å². The van der Waals surface area contributed by atoms with Crippen molar-refractivity contribution >= 4 is 23.6 Å². The summed E-state index contributed by atoms with van der Waals surface area (Å²) in [6, 6.07) is 3.61. The lowest BCUT2D eigenvalue weighted by molar-refractivity contribution is 0.236. The highest BCUT2D eigenvalue weighted by atomic mass is 35.5. The Balaban J connectivity index is 2.14. The summed E-state index contributed by atoms with van der Waals surface area (Å²) in [4.78, 5) is 6.32. The fourth-order valence-electron chi connectivity index (χ4n) is 1.97. The molecule has 0 aromatic heterocycles. The molecule has 0 unspecified atom stereocenters. The van der Waals surface area contributed by atoms with Crippen LogP contribution in [0.5, 0.6) is 5.75 Å². The fraction of sp³-hybridized carbons (Fsp3) is 0.353. The Hall–Kier alpha value is -1.81. The maximum Gasteiger partial charge on any atom is 0.124 e. The second-order valence-corrected chi connectivity index (χ2v) is 5.65. The van der Waals surface area contributed by atoms with Crippen molar-refractivity contribution in [1.29, 1.82) is 0 Å². The number of allylic oxidation sites excluding steroid dienone is 2. The summed E-state index contributed by atoms with van der Waals surface area (Å²) in [6.45, 7) is 4.84. The number of nitrogens with zero attached hydrogens (tertiary/aromatic N) is 2. The molecule has 1 aliphatic rings. The molecule has 1 aliphatic carbocycles. The zero-order chi connectivity index (χ0) is 16.1. The number of halogens is 2. The van der Waals surface area contributed by atoms with E-state index in [1.807, 2.05) is 37.9 Å². The Morgan fingerprint density at radius 3 is 2.95 bits per heavy atom. The van der Waals surface area contributed by atoms with Gasteiger partial charge in [0.15, 0.2) is 0 Å². The van der Waals surface area contributed by atoms with Gasteiger partial charge in [0.25, 0.3) is 0 Å². The highest BCUT2D eigenvalue weighted by molar-refractivity contribution is 6.33. The molecule has 22 heavy (non-hydrogen) atoms. The average molecular weight is 323 g/mol. The topological polar surface area (TPSA) is 24.8 Å². The predicted molar refractivity (Wildman–Crippen MR) is 90.0 cm³/mol. The Labute approximate surface area is 135 Å². The molecule has 2 rings (SSSR count). The maximum atomic E-state index is 13.3. The lowest BCUT2D eigenvalue weighted by Crippen LogP contribution is -2.16. The Kier molecular flexibility index (Phi) is 5.61. The molecule has 3 nitrogen and oxygen atoms in total. The zero-order valence-electron chi connectivity index (χ0n) is 13.0. The van der Waals surface area contributed by atoms with Gasteiger partial charge in [0.1, 0.15) is 17.7 Å². The molecule has 0 heterocycles. The third-order valence-electron chi connectivity index (χ3n) is 3.41. The van der Waals surface area contributed by atoms with Crippen molar-refractivity contribution < 1.29 is 9.13 Å². The van der Waals surface area contributed by atoms with Gasteiger partial charge in [-0.05, 0) is 37.6 Å². The van der Waals surface area contributed by atoms with E-state index in [2.05, 4.69) is 4.99 Å². The first-order valence-corrected chi connectivity index (χ1v) is 7.61. The van der Waals surface area contributed by atoms with Gasteiger partial charge in [-0.25, -0.2) is 9.38 Å². The molecule has 0 spiro atoms. The van der Waals surface area contributed by atoms with Crippen LogP contribution in [0.2, 0.25) is 5.02 Å². The molecule has 5 heteroatoms. The van der Waals surface area contributed by atoms with Gasteiger partial charge in [0.2, 0.25) is 0 Å². The Morgan fingerprint density at radius 2 is 2.27 bits per heavy atom. The van der Waals surface area contributed by atoms with Crippen molar-refractivity contribution in [2.45, 2.75) is 26.4 Å². The first-order valence-electron chi connectivity index (χ1n) is 7.23. The van der Waals surface area contributed by atoms with Crippen LogP contribution in [0.25, 0.3) is 0 Å². The summed E-state index contributed by atoms with van der Waals surface area (Å²) in [5, 5.41) is 0.511. The van der Waals surface area contributed by atoms with Crippen LogP contribution in [0.1, 0.15) is 18.9 Å². The first-order chi connectivity index (χ1) is 10.5. The molecule has 0 bridgehead atoms. The van der Waals surface area contributed by atoms with Crippen molar-refractivity contribution in [1.82, 2.24) is 4.90 Å². The third-order valence-corrected chi connectivity index (χ3v) is 3.72. The van der Waals surface area contributed by atoms with Crippen LogP contribution in [0.3, 0.4) is 0 Å². The van der Waals surface area contributed by atoms with Gasteiger partial charge >= 0.3 is 0 Å². The minimum absolute atomic E-state index is 0.180. The monoisotopic (exact) mass is 322 g/mol. The van der Waals surface area contributed by atoms with E-state index in [1.165, 1.54) is 6.08 Å². The minimum atomic E-state index is -0.305. The van der Waals surface area contributed by atoms with E-state index in [0.29, 0.717) is 16.5 Å². The highest BCUT2D eigenvalue weighted by Crippen LogP contribution is 2.33. The van der Waals surface area contributed by atoms with E-state index in [1.54, 1.807) is 18.5 Å². The van der Waals surface area contributed by atoms with Crippen LogP contribution in [0.15, 0.2) is 41.2 Å². The van der Waals surface area contributed by atoms with Gasteiger partial charge in [0.05, 0.1) is 17.0 Å². The summed E-state index contributed by atoms with van der Waals surface area (Å²) in [6.07, 6.45) is 6.63. The molecule has 0 amide bonds. The maximum absolute atomic E-state index is 13.3. The van der Waals surface area contributed by atoms with Crippen molar-refractivity contribution in [2.75, 3.05) is 13.6 Å². The minimum Gasteiger partial charge on any atom is -0.486 e. The van der Waals surface area contributed by atoms with Gasteiger partial charge in [0, 0.05) is 26.1 Å². The molecule has 0 saturated carbocycles. The van der Waals surface area contributed by atoms with E-state index < -0.39 is 0 Å². The van der Waals surface area contributed by atoms with Crippen LogP contribution in [-0.2, 0) is 0 Å². The largest absolute Gasteiger partial charge is 0.486 e. The van der Waals surface area contributed by atoms with Crippen LogP contribution >= 0.6 is 11.6 Å². The van der Waals surface area contributed by atoms with E-state index in [4.69, 9.17) is 16.3 Å². The summed E-state index contributed by atoms with van der Waals surface area (Å²) in [5.74, 6) is 0.470. The number of aryl methyl sites for hydroxylation is 1. The zero-order valence-corrected chi connectivity index (χ0v) is 13.8. The molecule has 1 aromatic rings. The second-order valence-electron chi connectivity index (χ2n) is 5.25. The lowest BCUT2D eigenvalue weighted by atomic mass is 10.1. The first kappa shape index (κ1) is 16.6. The molecular weight excluding hydrogens is 303 g/mol. The molecule has 0 saturated heterocycles. The van der Waals surface area contributed by atoms with Gasteiger partial charge in [-0.15, -0.1) is 0 Å². The number of benzene rings is 1. The number of hydrogen-bond donors (Lipinski definition) is 0. The predicted octanol–water partition coefficient (Wildman–Crippen LogP) is 4.82. The van der Waals surface area contributed by atoms with Crippen LogP contribution in [0.4, 0.5) is 10.1 Å². The van der Waals surface area contributed by atoms with Gasteiger partial charge in [-0.2, -0.15) is 0 Å². The SMILES string of the molecule is CCN(C)/C=N/c1cc(C)c(O[C@@H]2C=CC=C(F)C2)cc1Cl. The lowest BCUT2D eigenvalue weighted by Gasteiger charge is -2.19. The summed E-state index contributed by atoms with van der Waals surface area (Å²) < 4.78 is 19.1. The highest BCUT2D eigenvalue weighted by Gasteiger charge is 2.15. The third kappa shape index (κ3) is 4.34. The van der Waals surface area contributed by atoms with E-state index in [0.717, 1.165) is 12.1 Å². The molecule has 118 valence electrons. The number of aliphatic imine (C=N–C) groups is 1. The standard InChI is InChI=1S/C17H20ClFN2O/c1-4-21(3)11-20-16-8-12(2)17(10-15(16)18)22-14-7-5-6-13(19)9-14/h5-8,10-11,14H,4,9H2,1-3H3/b20-11+/t14-/m1/s1. The molecule has 0 N–H and O–H groups in total. The van der Waals surface area contributed by atoms with Crippen LogP contribution < -0.4 is 4.74 Å². The molecule has 0 fully saturated rings. The van der Waals surface area contributed by atoms with E-state index in [-0.39, 0.29) is 18.4 Å². The van der Waals surface area contributed by atoms with E-state index in [9.17, 15) is 4.39 Å². The summed E-state index contributed by atoms with van der Waals surface area (Å²) >= 11 is 6.26. The summed E-state index contributed by atoms with van der Waals surface area (Å²) in [7, 11) is 1.94. The van der Waals surface area contributed by atoms with Gasteiger partial charge < -0.3 is 9.64 Å². The normalized spacial score (nSPS) is 17.7. The molecule has 0 aliphatic heterocycles. The summed E-state index contributed by atoms with van der Waals surface area (Å²) in [5.41, 5.74) is 1.61. The average Bonchev–Trinajstić information content (AvgIpc) is 2.49. The van der Waals surface area contributed by atoms with Gasteiger partial charge in [-0.3, -0.25) is 0 Å². The Morgan fingerprint density at radius 1 is 1.50 bits per heavy atom. The van der Waals surface area contributed by atoms with Gasteiger partial charge in [-0.1, -0.05) is 17.7 Å². The second kappa shape index (κ2) is 7.45.